The Hall–Kier alpha value is -0.940. The quantitative estimate of drug-likeness (QED) is 0.861. The van der Waals surface area contributed by atoms with Gasteiger partial charge in [-0.15, -0.1) is 11.3 Å². The zero-order valence-electron chi connectivity index (χ0n) is 12.1. The minimum Gasteiger partial charge on any atom is -0.468 e. The van der Waals surface area contributed by atoms with Gasteiger partial charge in [0, 0.05) is 11.4 Å². The van der Waals surface area contributed by atoms with Gasteiger partial charge in [0.1, 0.15) is 11.0 Å². The standard InChI is InChI=1S/C14H22N2O2S/c1-14(2,3)12(13(17)18-4)15-8-11-16-9-6-5-7-10(9)19-11/h12,15H,5-8H2,1-4H3/t12-/m0/s1. The average molecular weight is 282 g/mol. The summed E-state index contributed by atoms with van der Waals surface area (Å²) in [4.78, 5) is 17.9. The summed E-state index contributed by atoms with van der Waals surface area (Å²) < 4.78 is 4.87. The number of aromatic nitrogens is 1. The van der Waals surface area contributed by atoms with Crippen LogP contribution in [0.25, 0.3) is 0 Å². The van der Waals surface area contributed by atoms with E-state index in [0.717, 1.165) is 17.8 Å². The van der Waals surface area contributed by atoms with Crippen molar-refractivity contribution in [1.82, 2.24) is 10.3 Å². The van der Waals surface area contributed by atoms with E-state index < -0.39 is 0 Å². The SMILES string of the molecule is COC(=O)[C@H](NCc1nc2c(s1)CCC2)C(C)(C)C. The van der Waals surface area contributed by atoms with Crippen LogP contribution in [-0.4, -0.2) is 24.1 Å². The predicted octanol–water partition coefficient (Wildman–Crippen LogP) is 2.31. The molecule has 0 fully saturated rings. The summed E-state index contributed by atoms with van der Waals surface area (Å²) in [5.74, 6) is -0.211. The number of carbonyl (C=O) groups excluding carboxylic acids is 1. The van der Waals surface area contributed by atoms with Gasteiger partial charge in [-0.3, -0.25) is 10.1 Å². The van der Waals surface area contributed by atoms with E-state index in [4.69, 9.17) is 4.74 Å². The van der Waals surface area contributed by atoms with Gasteiger partial charge in [0.05, 0.1) is 12.8 Å². The summed E-state index contributed by atoms with van der Waals surface area (Å²) in [5, 5.41) is 4.36. The van der Waals surface area contributed by atoms with Gasteiger partial charge in [0.15, 0.2) is 0 Å². The first kappa shape index (κ1) is 14.5. The molecule has 0 aromatic carbocycles. The Morgan fingerprint density at radius 1 is 1.47 bits per heavy atom. The second-order valence-corrected chi connectivity index (χ2v) is 7.20. The summed E-state index contributed by atoms with van der Waals surface area (Å²) in [6.07, 6.45) is 3.49. The highest BCUT2D eigenvalue weighted by Gasteiger charge is 2.32. The molecule has 1 atom stereocenters. The minimum absolute atomic E-state index is 0.174. The molecule has 19 heavy (non-hydrogen) atoms. The van der Waals surface area contributed by atoms with Crippen LogP contribution >= 0.6 is 11.3 Å². The van der Waals surface area contributed by atoms with Crippen LogP contribution in [0, 0.1) is 5.41 Å². The fraction of sp³-hybridized carbons (Fsp3) is 0.714. The highest BCUT2D eigenvalue weighted by atomic mass is 32.1. The van der Waals surface area contributed by atoms with Crippen LogP contribution in [0.5, 0.6) is 0 Å². The van der Waals surface area contributed by atoms with Crippen LogP contribution in [0.2, 0.25) is 0 Å². The van der Waals surface area contributed by atoms with Crippen molar-refractivity contribution in [2.24, 2.45) is 5.41 Å². The molecule has 1 aliphatic rings. The molecule has 0 aliphatic heterocycles. The van der Waals surface area contributed by atoms with E-state index >= 15 is 0 Å². The van der Waals surface area contributed by atoms with Crippen molar-refractivity contribution < 1.29 is 9.53 Å². The Morgan fingerprint density at radius 2 is 2.21 bits per heavy atom. The van der Waals surface area contributed by atoms with Crippen LogP contribution in [-0.2, 0) is 28.9 Å². The molecule has 106 valence electrons. The van der Waals surface area contributed by atoms with E-state index in [9.17, 15) is 4.79 Å². The van der Waals surface area contributed by atoms with Gasteiger partial charge < -0.3 is 4.74 Å². The number of carbonyl (C=O) groups is 1. The Morgan fingerprint density at radius 3 is 2.79 bits per heavy atom. The van der Waals surface area contributed by atoms with Gasteiger partial charge in [0.25, 0.3) is 0 Å². The molecule has 0 unspecified atom stereocenters. The molecule has 1 aliphatic carbocycles. The average Bonchev–Trinajstić information content (AvgIpc) is 2.87. The van der Waals surface area contributed by atoms with Crippen molar-refractivity contribution in [3.05, 3.63) is 15.6 Å². The Kier molecular flexibility index (Phi) is 4.26. The largest absolute Gasteiger partial charge is 0.468 e. The normalized spacial score (nSPS) is 16.2. The van der Waals surface area contributed by atoms with Gasteiger partial charge >= 0.3 is 5.97 Å². The van der Waals surface area contributed by atoms with Crippen LogP contribution in [0.1, 0.15) is 42.8 Å². The van der Waals surface area contributed by atoms with Gasteiger partial charge in [-0.1, -0.05) is 20.8 Å². The monoisotopic (exact) mass is 282 g/mol. The highest BCUT2D eigenvalue weighted by Crippen LogP contribution is 2.28. The van der Waals surface area contributed by atoms with Crippen molar-refractivity contribution in [2.45, 2.75) is 52.6 Å². The zero-order valence-corrected chi connectivity index (χ0v) is 12.9. The van der Waals surface area contributed by atoms with E-state index in [0.29, 0.717) is 6.54 Å². The second-order valence-electron chi connectivity index (χ2n) is 6.03. The topological polar surface area (TPSA) is 51.2 Å². The number of rotatable bonds is 4. The first-order valence-electron chi connectivity index (χ1n) is 6.70. The number of hydrogen-bond donors (Lipinski definition) is 1. The first-order chi connectivity index (χ1) is 8.91. The predicted molar refractivity (Wildman–Crippen MR) is 76.2 cm³/mol. The van der Waals surface area contributed by atoms with Gasteiger partial charge in [-0.2, -0.15) is 0 Å². The van der Waals surface area contributed by atoms with E-state index in [-0.39, 0.29) is 17.4 Å². The van der Waals surface area contributed by atoms with Crippen molar-refractivity contribution in [1.29, 1.82) is 0 Å². The maximum absolute atomic E-state index is 11.8. The van der Waals surface area contributed by atoms with Gasteiger partial charge in [0.2, 0.25) is 0 Å². The van der Waals surface area contributed by atoms with Crippen molar-refractivity contribution in [3.8, 4) is 0 Å². The molecule has 0 spiro atoms. The Balaban J connectivity index is 2.00. The summed E-state index contributed by atoms with van der Waals surface area (Å²) in [6.45, 7) is 6.73. The number of methoxy groups -OCH3 is 1. The highest BCUT2D eigenvalue weighted by molar-refractivity contribution is 7.11. The molecule has 0 saturated carbocycles. The van der Waals surface area contributed by atoms with Crippen LogP contribution in [0.4, 0.5) is 0 Å². The molecular weight excluding hydrogens is 260 g/mol. The summed E-state index contributed by atoms with van der Waals surface area (Å²) >= 11 is 1.77. The third kappa shape index (κ3) is 3.34. The van der Waals surface area contributed by atoms with E-state index in [1.165, 1.54) is 24.1 Å². The molecule has 5 heteroatoms. The van der Waals surface area contributed by atoms with E-state index in [2.05, 4.69) is 10.3 Å². The molecule has 4 nitrogen and oxygen atoms in total. The number of nitrogens with zero attached hydrogens (tertiary/aromatic N) is 1. The number of ether oxygens (including phenoxy) is 1. The fourth-order valence-electron chi connectivity index (χ4n) is 2.37. The van der Waals surface area contributed by atoms with Crippen molar-refractivity contribution >= 4 is 17.3 Å². The summed E-state index contributed by atoms with van der Waals surface area (Å²) in [7, 11) is 1.43. The lowest BCUT2D eigenvalue weighted by molar-refractivity contribution is -0.146. The van der Waals surface area contributed by atoms with Crippen LogP contribution in [0.15, 0.2) is 0 Å². The van der Waals surface area contributed by atoms with Crippen LogP contribution in [0.3, 0.4) is 0 Å². The summed E-state index contributed by atoms with van der Waals surface area (Å²) in [5.41, 5.74) is 1.08. The molecule has 0 saturated heterocycles. The lowest BCUT2D eigenvalue weighted by atomic mass is 9.87. The molecule has 1 aromatic rings. The molecule has 0 amide bonds. The van der Waals surface area contributed by atoms with Crippen molar-refractivity contribution in [3.63, 3.8) is 0 Å². The third-order valence-electron chi connectivity index (χ3n) is 3.40. The van der Waals surface area contributed by atoms with Gasteiger partial charge in [-0.25, -0.2) is 4.98 Å². The lowest BCUT2D eigenvalue weighted by Gasteiger charge is -2.28. The molecule has 2 rings (SSSR count). The lowest BCUT2D eigenvalue weighted by Crippen LogP contribution is -2.46. The minimum atomic E-state index is -0.309. The Labute approximate surface area is 118 Å². The number of thiazole rings is 1. The first-order valence-corrected chi connectivity index (χ1v) is 7.52. The molecule has 0 radical (unpaired) electrons. The summed E-state index contributed by atoms with van der Waals surface area (Å²) in [6, 6.07) is -0.309. The zero-order chi connectivity index (χ0) is 14.0. The van der Waals surface area contributed by atoms with Gasteiger partial charge in [-0.05, 0) is 24.7 Å². The second kappa shape index (κ2) is 5.59. The molecule has 0 bridgehead atoms. The van der Waals surface area contributed by atoms with E-state index in [1.807, 2.05) is 20.8 Å². The maximum atomic E-state index is 11.8. The smallest absolute Gasteiger partial charge is 0.323 e. The molecular formula is C14H22N2O2S. The van der Waals surface area contributed by atoms with Crippen LogP contribution < -0.4 is 5.32 Å². The number of hydrogen-bond acceptors (Lipinski definition) is 5. The number of fused-ring (bicyclic) bond motifs is 1. The Bertz CT molecular complexity index is 441. The maximum Gasteiger partial charge on any atom is 0.323 e. The number of nitrogens with one attached hydrogen (secondary N) is 1. The van der Waals surface area contributed by atoms with E-state index in [1.54, 1.807) is 11.3 Å². The van der Waals surface area contributed by atoms with Crippen molar-refractivity contribution in [2.75, 3.05) is 7.11 Å². The number of esters is 1. The molecule has 1 N–H and O–H groups in total. The fourth-order valence-corrected chi connectivity index (χ4v) is 3.48. The number of aryl methyl sites for hydroxylation is 2. The molecule has 1 heterocycles. The third-order valence-corrected chi connectivity index (χ3v) is 4.56. The molecule has 1 aromatic heterocycles.